The van der Waals surface area contributed by atoms with Crippen molar-refractivity contribution in [2.24, 2.45) is 0 Å². The molecule has 1 N–H and O–H groups in total. The van der Waals surface area contributed by atoms with Crippen LogP contribution in [0, 0.1) is 10.1 Å². The van der Waals surface area contributed by atoms with Crippen LogP contribution in [0.1, 0.15) is 25.6 Å². The molecule has 1 aromatic carbocycles. The zero-order chi connectivity index (χ0) is 13.7. The van der Waals surface area contributed by atoms with Crippen molar-refractivity contribution in [3.8, 4) is 0 Å². The quantitative estimate of drug-likeness (QED) is 0.379. The van der Waals surface area contributed by atoms with E-state index in [0.29, 0.717) is 5.69 Å². The van der Waals surface area contributed by atoms with Gasteiger partial charge in [0.15, 0.2) is 0 Å². The van der Waals surface area contributed by atoms with Crippen LogP contribution < -0.4 is 5.32 Å². The molecule has 1 atom stereocenters. The molecule has 1 aromatic rings. The summed E-state index contributed by atoms with van der Waals surface area (Å²) in [5.74, 6) is -0.976. The number of ether oxygens (including phenoxy) is 1. The molecule has 0 bridgehead atoms. The second-order valence-electron chi connectivity index (χ2n) is 3.55. The van der Waals surface area contributed by atoms with E-state index in [2.05, 4.69) is 10.1 Å². The lowest BCUT2D eigenvalue weighted by Gasteiger charge is -2.10. The monoisotopic (exact) mass is 252 g/mol. The summed E-state index contributed by atoms with van der Waals surface area (Å²) in [5, 5.41) is 13.3. The molecule has 18 heavy (non-hydrogen) atoms. The number of amides is 1. The van der Waals surface area contributed by atoms with Gasteiger partial charge in [-0.1, -0.05) is 0 Å². The van der Waals surface area contributed by atoms with E-state index in [1.54, 1.807) is 0 Å². The number of benzene rings is 1. The smallest absolute Gasteiger partial charge is 0.382 e. The lowest BCUT2D eigenvalue weighted by Crippen LogP contribution is -2.17. The van der Waals surface area contributed by atoms with Crippen LogP contribution in [-0.4, -0.2) is 16.8 Å². The number of nitrogens with zero attached hydrogens (tertiary/aromatic N) is 1. The highest BCUT2D eigenvalue weighted by Gasteiger charge is 2.25. The van der Waals surface area contributed by atoms with Crippen LogP contribution in [-0.2, 0) is 14.3 Å². The summed E-state index contributed by atoms with van der Waals surface area (Å²) in [5.41, 5.74) is 0.737. The van der Waals surface area contributed by atoms with Crippen molar-refractivity contribution in [1.29, 1.82) is 0 Å². The first-order chi connectivity index (χ1) is 8.40. The summed E-state index contributed by atoms with van der Waals surface area (Å²) >= 11 is 0. The molecule has 0 aliphatic carbocycles. The van der Waals surface area contributed by atoms with E-state index >= 15 is 0 Å². The minimum atomic E-state index is -1.53. The maximum absolute atomic E-state index is 10.8. The molecule has 0 unspecified atom stereocenters. The molecule has 0 aliphatic heterocycles. The van der Waals surface area contributed by atoms with Gasteiger partial charge in [0.05, 0.1) is 10.5 Å². The highest BCUT2D eigenvalue weighted by Crippen LogP contribution is 2.20. The van der Waals surface area contributed by atoms with Gasteiger partial charge in [0.25, 0.3) is 0 Å². The molecule has 0 heterocycles. The third-order valence-electron chi connectivity index (χ3n) is 1.99. The van der Waals surface area contributed by atoms with E-state index in [1.165, 1.54) is 31.2 Å². The second kappa shape index (κ2) is 5.76. The Balaban J connectivity index is 2.90. The molecule has 0 spiro atoms. The average molecular weight is 252 g/mol. The van der Waals surface area contributed by atoms with Crippen LogP contribution in [0.2, 0.25) is 0 Å². The number of esters is 1. The first kappa shape index (κ1) is 13.6. The third kappa shape index (κ3) is 3.85. The Labute approximate surface area is 103 Å². The van der Waals surface area contributed by atoms with Gasteiger partial charge in [0.2, 0.25) is 5.91 Å². The minimum absolute atomic E-state index is 0.226. The summed E-state index contributed by atoms with van der Waals surface area (Å²) in [7, 11) is 0. The molecule has 1 amide bonds. The number of nitro groups is 1. The van der Waals surface area contributed by atoms with Gasteiger partial charge >= 0.3 is 12.2 Å². The summed E-state index contributed by atoms with van der Waals surface area (Å²) < 4.78 is 4.59. The van der Waals surface area contributed by atoms with Crippen molar-refractivity contribution in [1.82, 2.24) is 0 Å². The zero-order valence-electron chi connectivity index (χ0n) is 9.88. The van der Waals surface area contributed by atoms with Crippen LogP contribution >= 0.6 is 0 Å². The van der Waals surface area contributed by atoms with E-state index < -0.39 is 17.1 Å². The fourth-order valence-corrected chi connectivity index (χ4v) is 1.32. The van der Waals surface area contributed by atoms with Crippen molar-refractivity contribution in [3.63, 3.8) is 0 Å². The molecule has 96 valence electrons. The van der Waals surface area contributed by atoms with Gasteiger partial charge < -0.3 is 10.1 Å². The predicted octanol–water partition coefficient (Wildman–Crippen LogP) is 1.48. The third-order valence-corrected chi connectivity index (χ3v) is 1.99. The Hall–Kier alpha value is -2.44. The Morgan fingerprint density at radius 1 is 1.28 bits per heavy atom. The largest absolute Gasteiger partial charge is 0.394 e. The van der Waals surface area contributed by atoms with Gasteiger partial charge in [-0.2, -0.15) is 0 Å². The molecule has 0 aliphatic rings. The Morgan fingerprint density at radius 2 is 1.83 bits per heavy atom. The topological polar surface area (TPSA) is 98.5 Å². The van der Waals surface area contributed by atoms with E-state index in [1.807, 2.05) is 0 Å². The Bertz CT molecular complexity index is 469. The molecule has 0 saturated carbocycles. The van der Waals surface area contributed by atoms with E-state index in [4.69, 9.17) is 0 Å². The van der Waals surface area contributed by atoms with Gasteiger partial charge in [-0.05, 0) is 24.3 Å². The number of rotatable bonds is 4. The zero-order valence-corrected chi connectivity index (χ0v) is 9.88. The molecule has 0 saturated heterocycles. The summed E-state index contributed by atoms with van der Waals surface area (Å²) in [6.07, 6.45) is -1.53. The van der Waals surface area contributed by atoms with Crippen LogP contribution in [0.25, 0.3) is 0 Å². The van der Waals surface area contributed by atoms with Gasteiger partial charge in [-0.3, -0.25) is 19.7 Å². The minimum Gasteiger partial charge on any atom is -0.394 e. The molecule has 0 aromatic heterocycles. The Morgan fingerprint density at radius 3 is 2.22 bits per heavy atom. The summed E-state index contributed by atoms with van der Waals surface area (Å²) in [6.45, 7) is 2.45. The molecular weight excluding hydrogens is 240 g/mol. The number of nitrogens with one attached hydrogen (secondary N) is 1. The molecular formula is C11H12N2O5. The number of carbonyl (C=O) groups excluding carboxylic acids is 2. The normalized spacial score (nSPS) is 11.4. The SMILES string of the molecule is CC(=O)Nc1ccc([C@H](OC(C)=O)[N+](=O)[O-])cc1. The molecule has 0 radical (unpaired) electrons. The maximum Gasteiger partial charge on any atom is 0.382 e. The van der Waals surface area contributed by atoms with Crippen molar-refractivity contribution in [2.75, 3.05) is 5.32 Å². The second-order valence-corrected chi connectivity index (χ2v) is 3.55. The van der Waals surface area contributed by atoms with Crippen molar-refractivity contribution in [3.05, 3.63) is 39.9 Å². The summed E-state index contributed by atoms with van der Waals surface area (Å²) in [6, 6.07) is 5.83. The molecule has 7 nitrogen and oxygen atoms in total. The highest BCUT2D eigenvalue weighted by atomic mass is 16.7. The molecule has 0 fully saturated rings. The lowest BCUT2D eigenvalue weighted by molar-refractivity contribution is -0.575. The number of hydrogen-bond acceptors (Lipinski definition) is 5. The van der Waals surface area contributed by atoms with Gasteiger partial charge in [-0.25, -0.2) is 0 Å². The van der Waals surface area contributed by atoms with E-state index in [9.17, 15) is 19.7 Å². The number of anilines is 1. The van der Waals surface area contributed by atoms with Gasteiger partial charge in [0, 0.05) is 19.5 Å². The Kier molecular flexibility index (Phi) is 4.36. The average Bonchev–Trinajstić information content (AvgIpc) is 2.26. The molecule has 7 heteroatoms. The highest BCUT2D eigenvalue weighted by molar-refractivity contribution is 5.88. The van der Waals surface area contributed by atoms with Gasteiger partial charge in [0.1, 0.15) is 0 Å². The van der Waals surface area contributed by atoms with E-state index in [0.717, 1.165) is 6.92 Å². The fraction of sp³-hybridized carbons (Fsp3) is 0.273. The first-order valence-electron chi connectivity index (χ1n) is 5.08. The predicted molar refractivity (Wildman–Crippen MR) is 62.2 cm³/mol. The standard InChI is InChI=1S/C11H12N2O5/c1-7(14)12-10-5-3-9(4-6-10)11(13(16)17)18-8(2)15/h3-6,11H,1-2H3,(H,12,14)/t11-/m0/s1. The van der Waals surface area contributed by atoms with Crippen LogP contribution in [0.15, 0.2) is 24.3 Å². The van der Waals surface area contributed by atoms with Gasteiger partial charge in [-0.15, -0.1) is 0 Å². The lowest BCUT2D eigenvalue weighted by atomic mass is 10.2. The first-order valence-corrected chi connectivity index (χ1v) is 5.08. The number of hydrogen-bond donors (Lipinski definition) is 1. The van der Waals surface area contributed by atoms with Crippen molar-refractivity contribution < 1.29 is 19.2 Å². The van der Waals surface area contributed by atoms with Crippen LogP contribution in [0.3, 0.4) is 0 Å². The van der Waals surface area contributed by atoms with Crippen molar-refractivity contribution >= 4 is 17.6 Å². The van der Waals surface area contributed by atoms with E-state index in [-0.39, 0.29) is 11.5 Å². The van der Waals surface area contributed by atoms with Crippen LogP contribution in [0.4, 0.5) is 5.69 Å². The fourth-order valence-electron chi connectivity index (χ4n) is 1.32. The van der Waals surface area contributed by atoms with Crippen molar-refractivity contribution in [2.45, 2.75) is 20.1 Å². The van der Waals surface area contributed by atoms with Crippen LogP contribution in [0.5, 0.6) is 0 Å². The molecule has 1 rings (SSSR count). The number of carbonyl (C=O) groups is 2. The maximum atomic E-state index is 10.8. The summed E-state index contributed by atoms with van der Waals surface area (Å²) in [4.78, 5) is 31.6.